The summed E-state index contributed by atoms with van der Waals surface area (Å²) in [5.74, 6) is -0.165. The van der Waals surface area contributed by atoms with E-state index in [1.54, 1.807) is 19.2 Å². The monoisotopic (exact) mass is 266 g/mol. The minimum Gasteiger partial charge on any atom is -0.478 e. The second-order valence-electron chi connectivity index (χ2n) is 4.83. The zero-order valence-corrected chi connectivity index (χ0v) is 11.9. The molecule has 0 amide bonds. The molecule has 0 spiro atoms. The molecule has 0 aliphatic rings. The highest BCUT2D eigenvalue weighted by atomic mass is 16.5. The summed E-state index contributed by atoms with van der Waals surface area (Å²) in [6.07, 6.45) is 0.879. The van der Waals surface area contributed by atoms with E-state index in [1.807, 2.05) is 20.8 Å². The number of hydrogen-bond acceptors (Lipinski definition) is 4. The number of carboxylic acids is 1. The van der Waals surface area contributed by atoms with Crippen LogP contribution < -0.4 is 5.32 Å². The summed E-state index contributed by atoms with van der Waals surface area (Å²) in [5, 5.41) is 12.4. The highest BCUT2D eigenvalue weighted by Gasteiger charge is 2.13. The zero-order valence-electron chi connectivity index (χ0n) is 11.9. The van der Waals surface area contributed by atoms with Crippen molar-refractivity contribution in [3.8, 4) is 0 Å². The van der Waals surface area contributed by atoms with Crippen LogP contribution in [0.15, 0.2) is 12.1 Å². The Kier molecular flexibility index (Phi) is 5.76. The lowest BCUT2D eigenvalue weighted by Crippen LogP contribution is -2.25. The van der Waals surface area contributed by atoms with E-state index in [0.29, 0.717) is 12.4 Å². The van der Waals surface area contributed by atoms with Crippen LogP contribution >= 0.6 is 0 Å². The topological polar surface area (TPSA) is 71.5 Å². The van der Waals surface area contributed by atoms with Gasteiger partial charge < -0.3 is 15.2 Å². The maximum Gasteiger partial charge on any atom is 0.335 e. The van der Waals surface area contributed by atoms with Gasteiger partial charge in [-0.2, -0.15) is 0 Å². The van der Waals surface area contributed by atoms with Gasteiger partial charge in [-0.3, -0.25) is 0 Å². The summed E-state index contributed by atoms with van der Waals surface area (Å²) in [6, 6.07) is 3.31. The van der Waals surface area contributed by atoms with Crippen LogP contribution in [-0.2, 0) is 4.74 Å². The number of nitrogens with one attached hydrogen (secondary N) is 1. The highest BCUT2D eigenvalue weighted by Crippen LogP contribution is 2.18. The summed E-state index contributed by atoms with van der Waals surface area (Å²) in [5.41, 5.74) is 1.03. The number of pyridine rings is 1. The number of rotatable bonds is 7. The first kappa shape index (κ1) is 15.4. The van der Waals surface area contributed by atoms with Crippen LogP contribution in [0.3, 0.4) is 0 Å². The molecule has 1 aromatic heterocycles. The molecule has 106 valence electrons. The van der Waals surface area contributed by atoms with Gasteiger partial charge >= 0.3 is 5.97 Å². The zero-order chi connectivity index (χ0) is 14.4. The molecular weight excluding hydrogens is 244 g/mol. The molecule has 0 fully saturated rings. The van der Waals surface area contributed by atoms with E-state index in [2.05, 4.69) is 10.3 Å². The summed E-state index contributed by atoms with van der Waals surface area (Å²) in [6.45, 7) is 6.59. The third-order valence-corrected chi connectivity index (χ3v) is 2.90. The van der Waals surface area contributed by atoms with E-state index in [9.17, 15) is 4.79 Å². The largest absolute Gasteiger partial charge is 0.478 e. The van der Waals surface area contributed by atoms with Crippen molar-refractivity contribution in [2.45, 2.75) is 39.2 Å². The average Bonchev–Trinajstić information content (AvgIpc) is 2.37. The van der Waals surface area contributed by atoms with Gasteiger partial charge in [-0.15, -0.1) is 0 Å². The Hall–Kier alpha value is -1.62. The van der Waals surface area contributed by atoms with Crippen molar-refractivity contribution < 1.29 is 14.6 Å². The number of methoxy groups -OCH3 is 1. The number of anilines is 1. The van der Waals surface area contributed by atoms with Crippen molar-refractivity contribution in [2.24, 2.45) is 0 Å². The van der Waals surface area contributed by atoms with E-state index < -0.39 is 5.97 Å². The molecule has 1 rings (SSSR count). The first-order valence-corrected chi connectivity index (χ1v) is 6.48. The highest BCUT2D eigenvalue weighted by molar-refractivity contribution is 5.88. The number of hydrogen-bond donors (Lipinski definition) is 2. The Labute approximate surface area is 114 Å². The van der Waals surface area contributed by atoms with Gasteiger partial charge in [0.2, 0.25) is 0 Å². The third kappa shape index (κ3) is 4.52. The molecule has 5 nitrogen and oxygen atoms in total. The average molecular weight is 266 g/mol. The van der Waals surface area contributed by atoms with Crippen molar-refractivity contribution in [1.29, 1.82) is 0 Å². The molecule has 1 atom stereocenters. The molecule has 1 heterocycles. The minimum absolute atomic E-state index is 0.126. The third-order valence-electron chi connectivity index (χ3n) is 2.90. The molecule has 5 heteroatoms. The lowest BCUT2D eigenvalue weighted by molar-refractivity contribution is 0.0696. The van der Waals surface area contributed by atoms with Gasteiger partial charge in [0.15, 0.2) is 0 Å². The van der Waals surface area contributed by atoms with E-state index in [0.717, 1.165) is 12.1 Å². The van der Waals surface area contributed by atoms with Gasteiger partial charge in [-0.1, -0.05) is 20.8 Å². The fourth-order valence-electron chi connectivity index (χ4n) is 1.72. The lowest BCUT2D eigenvalue weighted by Gasteiger charge is -2.18. The van der Waals surface area contributed by atoms with Crippen molar-refractivity contribution in [3.63, 3.8) is 0 Å². The second kappa shape index (κ2) is 7.09. The van der Waals surface area contributed by atoms with Crippen molar-refractivity contribution in [3.05, 3.63) is 23.4 Å². The van der Waals surface area contributed by atoms with Crippen LogP contribution in [0.1, 0.15) is 49.2 Å². The van der Waals surface area contributed by atoms with Crippen LogP contribution in [0.4, 0.5) is 5.82 Å². The summed E-state index contributed by atoms with van der Waals surface area (Å²) < 4.78 is 5.12. The molecule has 0 aliphatic heterocycles. The van der Waals surface area contributed by atoms with Crippen LogP contribution in [-0.4, -0.2) is 35.8 Å². The number of ether oxygens (including phenoxy) is 1. The SMILES string of the molecule is CCC(COC)Nc1cc(C(=O)O)cc(C(C)C)n1. The second-order valence-corrected chi connectivity index (χ2v) is 4.83. The van der Waals surface area contributed by atoms with E-state index in [4.69, 9.17) is 9.84 Å². The molecule has 1 unspecified atom stereocenters. The lowest BCUT2D eigenvalue weighted by atomic mass is 10.1. The number of aromatic nitrogens is 1. The van der Waals surface area contributed by atoms with Gasteiger partial charge in [-0.25, -0.2) is 9.78 Å². The van der Waals surface area contributed by atoms with Crippen molar-refractivity contribution in [2.75, 3.05) is 19.0 Å². The molecule has 1 aromatic rings. The van der Waals surface area contributed by atoms with Gasteiger partial charge in [-0.05, 0) is 24.5 Å². The number of carboxylic acid groups (broad SMARTS) is 1. The molecule has 2 N–H and O–H groups in total. The van der Waals surface area contributed by atoms with Crippen molar-refractivity contribution in [1.82, 2.24) is 4.98 Å². The Bertz CT molecular complexity index is 433. The van der Waals surface area contributed by atoms with Crippen molar-refractivity contribution >= 4 is 11.8 Å². The molecule has 19 heavy (non-hydrogen) atoms. The Morgan fingerprint density at radius 3 is 2.63 bits per heavy atom. The fourth-order valence-corrected chi connectivity index (χ4v) is 1.72. The van der Waals surface area contributed by atoms with Crippen LogP contribution in [0, 0.1) is 0 Å². The van der Waals surface area contributed by atoms with E-state index >= 15 is 0 Å². The van der Waals surface area contributed by atoms with Gasteiger partial charge in [0.25, 0.3) is 0 Å². The number of carbonyl (C=O) groups is 1. The number of nitrogens with zero attached hydrogens (tertiary/aromatic N) is 1. The molecule has 0 bridgehead atoms. The molecule has 0 saturated heterocycles. The first-order valence-electron chi connectivity index (χ1n) is 6.48. The predicted octanol–water partition coefficient (Wildman–Crippen LogP) is 2.74. The molecule has 0 saturated carbocycles. The molecule has 0 radical (unpaired) electrons. The number of aromatic carboxylic acids is 1. The first-order chi connectivity index (χ1) is 8.97. The maximum absolute atomic E-state index is 11.1. The molecule has 0 aliphatic carbocycles. The van der Waals surface area contributed by atoms with E-state index in [-0.39, 0.29) is 17.5 Å². The van der Waals surface area contributed by atoms with Crippen LogP contribution in [0.2, 0.25) is 0 Å². The smallest absolute Gasteiger partial charge is 0.335 e. The van der Waals surface area contributed by atoms with E-state index in [1.165, 1.54) is 0 Å². The Morgan fingerprint density at radius 1 is 1.47 bits per heavy atom. The fraction of sp³-hybridized carbons (Fsp3) is 0.571. The van der Waals surface area contributed by atoms with Crippen LogP contribution in [0.25, 0.3) is 0 Å². The quantitative estimate of drug-likeness (QED) is 0.794. The van der Waals surface area contributed by atoms with Crippen LogP contribution in [0.5, 0.6) is 0 Å². The minimum atomic E-state index is -0.938. The summed E-state index contributed by atoms with van der Waals surface area (Å²) >= 11 is 0. The Morgan fingerprint density at radius 2 is 2.16 bits per heavy atom. The molecule has 0 aromatic carbocycles. The molecular formula is C14H22N2O3. The predicted molar refractivity (Wildman–Crippen MR) is 74.9 cm³/mol. The summed E-state index contributed by atoms with van der Waals surface area (Å²) in [7, 11) is 1.64. The maximum atomic E-state index is 11.1. The van der Waals surface area contributed by atoms with Gasteiger partial charge in [0, 0.05) is 12.8 Å². The van der Waals surface area contributed by atoms with Gasteiger partial charge in [0.1, 0.15) is 5.82 Å². The Balaban J connectivity index is 3.01. The standard InChI is InChI=1S/C14H22N2O3/c1-5-11(8-19-4)15-13-7-10(14(17)18)6-12(16-13)9(2)3/h6-7,9,11H,5,8H2,1-4H3,(H,15,16)(H,17,18). The van der Waals surface area contributed by atoms with Gasteiger partial charge in [0.05, 0.1) is 18.2 Å². The summed E-state index contributed by atoms with van der Waals surface area (Å²) in [4.78, 5) is 15.6. The normalized spacial score (nSPS) is 12.5.